The molecule has 1 aliphatic carbocycles. The van der Waals surface area contributed by atoms with Gasteiger partial charge in [0.05, 0.1) is 0 Å². The van der Waals surface area contributed by atoms with Crippen molar-refractivity contribution in [3.63, 3.8) is 0 Å². The quantitative estimate of drug-likeness (QED) is 0.471. The second kappa shape index (κ2) is 9.78. The second-order valence-corrected chi connectivity index (χ2v) is 8.21. The largest absolute Gasteiger partial charge is 0.508 e. The first-order chi connectivity index (χ1) is 16.0. The van der Waals surface area contributed by atoms with Crippen LogP contribution in [0.15, 0.2) is 72.8 Å². The first-order valence-electron chi connectivity index (χ1n) is 11.4. The summed E-state index contributed by atoms with van der Waals surface area (Å²) < 4.78 is 0. The van der Waals surface area contributed by atoms with Crippen molar-refractivity contribution in [1.29, 1.82) is 0 Å². The molecule has 3 aromatic carbocycles. The minimum atomic E-state index is 0.0161. The van der Waals surface area contributed by atoms with Crippen molar-refractivity contribution in [1.82, 2.24) is 4.90 Å². The van der Waals surface area contributed by atoms with Gasteiger partial charge in [0.15, 0.2) is 0 Å². The Hall–Kier alpha value is -3.79. The summed E-state index contributed by atoms with van der Waals surface area (Å²) in [6.07, 6.45) is 5.17. The molecule has 4 heteroatoms. The lowest BCUT2D eigenvalue weighted by molar-refractivity contribution is -0.125. The van der Waals surface area contributed by atoms with E-state index >= 15 is 0 Å². The van der Waals surface area contributed by atoms with Gasteiger partial charge in [-0.15, -0.1) is 0 Å². The Balaban J connectivity index is 1.73. The maximum atomic E-state index is 12.3. The SMILES string of the molecule is CCN(CC)C(=O)C=Cc1ccc(C2=C(c3ccc(O)cc3)CCc3cc(O)ccc32)cc1. The lowest BCUT2D eigenvalue weighted by Crippen LogP contribution is -2.28. The highest BCUT2D eigenvalue weighted by Gasteiger charge is 2.22. The minimum Gasteiger partial charge on any atom is -0.508 e. The second-order valence-electron chi connectivity index (χ2n) is 8.21. The van der Waals surface area contributed by atoms with Gasteiger partial charge in [0.25, 0.3) is 0 Å². The Kier molecular flexibility index (Phi) is 6.64. The van der Waals surface area contributed by atoms with Crippen molar-refractivity contribution in [2.45, 2.75) is 26.7 Å². The van der Waals surface area contributed by atoms with E-state index in [2.05, 4.69) is 12.1 Å². The number of aromatic hydroxyl groups is 2. The van der Waals surface area contributed by atoms with Gasteiger partial charge in [0, 0.05) is 19.2 Å². The molecule has 0 saturated heterocycles. The molecule has 0 spiro atoms. The number of benzene rings is 3. The van der Waals surface area contributed by atoms with Gasteiger partial charge in [0.1, 0.15) is 11.5 Å². The summed E-state index contributed by atoms with van der Waals surface area (Å²) in [7, 11) is 0. The van der Waals surface area contributed by atoms with Crippen LogP contribution in [0.4, 0.5) is 0 Å². The van der Waals surface area contributed by atoms with Gasteiger partial charge in [0.2, 0.25) is 5.91 Å². The fraction of sp³-hybridized carbons (Fsp3) is 0.207. The third kappa shape index (κ3) is 4.85. The summed E-state index contributed by atoms with van der Waals surface area (Å²) >= 11 is 0. The topological polar surface area (TPSA) is 60.8 Å². The van der Waals surface area contributed by atoms with Crippen molar-refractivity contribution < 1.29 is 15.0 Å². The van der Waals surface area contributed by atoms with E-state index < -0.39 is 0 Å². The number of carbonyl (C=O) groups excluding carboxylic acids is 1. The number of amides is 1. The van der Waals surface area contributed by atoms with Crippen molar-refractivity contribution in [3.8, 4) is 11.5 Å². The molecule has 0 bridgehead atoms. The van der Waals surface area contributed by atoms with Gasteiger partial charge < -0.3 is 15.1 Å². The molecule has 0 fully saturated rings. The highest BCUT2D eigenvalue weighted by molar-refractivity contribution is 6.01. The molecule has 1 amide bonds. The van der Waals surface area contributed by atoms with Crippen LogP contribution in [0.5, 0.6) is 11.5 Å². The number of likely N-dealkylation sites (N-methyl/N-ethyl adjacent to an activating group) is 1. The zero-order chi connectivity index (χ0) is 23.4. The van der Waals surface area contributed by atoms with E-state index in [1.807, 2.05) is 56.3 Å². The number of phenols is 2. The lowest BCUT2D eigenvalue weighted by Gasteiger charge is -2.25. The van der Waals surface area contributed by atoms with Gasteiger partial charge in [-0.3, -0.25) is 4.79 Å². The summed E-state index contributed by atoms with van der Waals surface area (Å²) in [5.74, 6) is 0.541. The average molecular weight is 440 g/mol. The van der Waals surface area contributed by atoms with E-state index in [1.165, 1.54) is 5.57 Å². The molecule has 2 N–H and O–H groups in total. The number of hydrogen-bond donors (Lipinski definition) is 2. The molecule has 168 valence electrons. The fourth-order valence-corrected chi connectivity index (χ4v) is 4.43. The van der Waals surface area contributed by atoms with Gasteiger partial charge >= 0.3 is 0 Å². The monoisotopic (exact) mass is 439 g/mol. The van der Waals surface area contributed by atoms with Gasteiger partial charge in [-0.05, 0) is 96.0 Å². The summed E-state index contributed by atoms with van der Waals surface area (Å²) in [6, 6.07) is 21.1. The highest BCUT2D eigenvalue weighted by atomic mass is 16.3. The predicted octanol–water partition coefficient (Wildman–Crippen LogP) is 5.88. The Morgan fingerprint density at radius 3 is 2.15 bits per heavy atom. The fourth-order valence-electron chi connectivity index (χ4n) is 4.43. The van der Waals surface area contributed by atoms with E-state index in [0.29, 0.717) is 13.1 Å². The molecule has 0 unspecified atom stereocenters. The van der Waals surface area contributed by atoms with Crippen LogP contribution in [0.1, 0.15) is 48.1 Å². The summed E-state index contributed by atoms with van der Waals surface area (Å²) in [5.41, 5.74) is 7.72. The number of aryl methyl sites for hydroxylation is 1. The molecule has 3 aromatic rings. The number of nitrogens with zero attached hydrogens (tertiary/aromatic N) is 1. The number of hydrogen-bond acceptors (Lipinski definition) is 3. The molecule has 0 aliphatic heterocycles. The zero-order valence-electron chi connectivity index (χ0n) is 19.1. The van der Waals surface area contributed by atoms with Crippen LogP contribution in [0.25, 0.3) is 17.2 Å². The standard InChI is InChI=1S/C29H29NO3/c1-3-30(4-2)28(33)18-7-20-5-8-22(9-6-20)29-26(21-10-13-24(31)14-11-21)16-12-23-19-25(32)15-17-27(23)29/h5-11,13-15,17-19,31-32H,3-4,12,16H2,1-2H3. The van der Waals surface area contributed by atoms with Crippen LogP contribution < -0.4 is 0 Å². The Morgan fingerprint density at radius 1 is 0.848 bits per heavy atom. The Labute approximate surface area is 195 Å². The summed E-state index contributed by atoms with van der Waals surface area (Å²) in [5, 5.41) is 19.7. The number of carbonyl (C=O) groups is 1. The normalized spacial score (nSPS) is 13.3. The molecule has 0 saturated carbocycles. The van der Waals surface area contributed by atoms with E-state index in [-0.39, 0.29) is 17.4 Å². The van der Waals surface area contributed by atoms with Crippen LogP contribution in [-0.4, -0.2) is 34.1 Å². The number of rotatable bonds is 6. The summed E-state index contributed by atoms with van der Waals surface area (Å²) in [6.45, 7) is 5.35. The number of allylic oxidation sites excluding steroid dienone is 1. The molecule has 0 atom stereocenters. The zero-order valence-corrected chi connectivity index (χ0v) is 19.1. The van der Waals surface area contributed by atoms with Crippen molar-refractivity contribution in [2.24, 2.45) is 0 Å². The maximum absolute atomic E-state index is 12.3. The number of fused-ring (bicyclic) bond motifs is 1. The molecule has 4 nitrogen and oxygen atoms in total. The molecule has 4 rings (SSSR count). The first kappa shape index (κ1) is 22.4. The lowest BCUT2D eigenvalue weighted by atomic mass is 9.79. The van der Waals surface area contributed by atoms with Crippen LogP contribution in [0, 0.1) is 0 Å². The third-order valence-electron chi connectivity index (χ3n) is 6.21. The van der Waals surface area contributed by atoms with Crippen LogP contribution in [-0.2, 0) is 11.2 Å². The van der Waals surface area contributed by atoms with Gasteiger partial charge in [-0.1, -0.05) is 42.5 Å². The highest BCUT2D eigenvalue weighted by Crippen LogP contribution is 2.42. The smallest absolute Gasteiger partial charge is 0.246 e. The summed E-state index contributed by atoms with van der Waals surface area (Å²) in [4.78, 5) is 14.1. The molecule has 33 heavy (non-hydrogen) atoms. The Bertz CT molecular complexity index is 1200. The van der Waals surface area contributed by atoms with E-state index in [9.17, 15) is 15.0 Å². The van der Waals surface area contributed by atoms with Crippen molar-refractivity contribution >= 4 is 23.1 Å². The minimum absolute atomic E-state index is 0.0161. The number of phenolic OH excluding ortho intramolecular Hbond substituents is 2. The predicted molar refractivity (Wildman–Crippen MR) is 134 cm³/mol. The first-order valence-corrected chi connectivity index (χ1v) is 11.4. The molecule has 1 aliphatic rings. The van der Waals surface area contributed by atoms with Crippen LogP contribution in [0.3, 0.4) is 0 Å². The molecule has 0 radical (unpaired) electrons. The van der Waals surface area contributed by atoms with E-state index in [0.717, 1.165) is 46.2 Å². The molecule has 0 aromatic heterocycles. The average Bonchev–Trinajstić information content (AvgIpc) is 2.83. The van der Waals surface area contributed by atoms with Gasteiger partial charge in [-0.25, -0.2) is 0 Å². The van der Waals surface area contributed by atoms with Crippen LogP contribution >= 0.6 is 0 Å². The third-order valence-corrected chi connectivity index (χ3v) is 6.21. The molecular formula is C29H29NO3. The maximum Gasteiger partial charge on any atom is 0.246 e. The van der Waals surface area contributed by atoms with Crippen molar-refractivity contribution in [2.75, 3.05) is 13.1 Å². The van der Waals surface area contributed by atoms with E-state index in [1.54, 1.807) is 29.2 Å². The van der Waals surface area contributed by atoms with Gasteiger partial charge in [-0.2, -0.15) is 0 Å². The Morgan fingerprint density at radius 2 is 1.48 bits per heavy atom. The molecule has 0 heterocycles. The van der Waals surface area contributed by atoms with Crippen LogP contribution in [0.2, 0.25) is 0 Å². The van der Waals surface area contributed by atoms with E-state index in [4.69, 9.17) is 0 Å². The van der Waals surface area contributed by atoms with Crippen molar-refractivity contribution in [3.05, 3.63) is 101 Å². The molecular weight excluding hydrogens is 410 g/mol.